The van der Waals surface area contributed by atoms with Crippen LogP contribution in [-0.2, 0) is 20.9 Å². The number of hydrogen-bond acceptors (Lipinski definition) is 5. The zero-order valence-electron chi connectivity index (χ0n) is 18.9. The Hall–Kier alpha value is -3.93. The van der Waals surface area contributed by atoms with E-state index in [1.54, 1.807) is 30.3 Å². The number of rotatable bonds is 8. The number of fused-ring (bicyclic) bond motifs is 1. The molecule has 1 aromatic heterocycles. The van der Waals surface area contributed by atoms with E-state index in [9.17, 15) is 9.59 Å². The van der Waals surface area contributed by atoms with Crippen LogP contribution in [-0.4, -0.2) is 54.1 Å². The number of nitriles is 1. The van der Waals surface area contributed by atoms with Gasteiger partial charge in [-0.3, -0.25) is 14.5 Å². The molecular weight excluding hydrogens is 430 g/mol. The molecule has 2 N–H and O–H groups in total. The fourth-order valence-corrected chi connectivity index (χ4v) is 3.91. The highest BCUT2D eigenvalue weighted by atomic mass is 16.5. The van der Waals surface area contributed by atoms with Crippen LogP contribution in [0, 0.1) is 11.3 Å². The largest absolute Gasteiger partial charge is 0.379 e. The number of ether oxygens (including phenoxy) is 1. The van der Waals surface area contributed by atoms with E-state index in [2.05, 4.69) is 21.6 Å². The van der Waals surface area contributed by atoms with Crippen LogP contribution in [0.1, 0.15) is 12.0 Å². The SMILES string of the molecule is N#CCCn1cc(/C=C/C(=O)Nc2ccc(NC(=O)CN3CCOCC3)cc2)c2ccccc21. The molecule has 0 spiro atoms. The van der Waals surface area contributed by atoms with E-state index in [1.165, 1.54) is 6.08 Å². The number of benzene rings is 2. The summed E-state index contributed by atoms with van der Waals surface area (Å²) in [5, 5.41) is 15.6. The third kappa shape index (κ3) is 6.10. The second kappa shape index (κ2) is 11.3. The van der Waals surface area contributed by atoms with Crippen LogP contribution >= 0.6 is 0 Å². The Morgan fingerprint density at radius 3 is 2.47 bits per heavy atom. The molecule has 0 saturated carbocycles. The highest BCUT2D eigenvalue weighted by Gasteiger charge is 2.14. The summed E-state index contributed by atoms with van der Waals surface area (Å²) in [5.74, 6) is -0.325. The van der Waals surface area contributed by atoms with E-state index in [4.69, 9.17) is 10.00 Å². The van der Waals surface area contributed by atoms with Crippen LogP contribution in [0.2, 0.25) is 0 Å². The van der Waals surface area contributed by atoms with Gasteiger partial charge in [0.1, 0.15) is 0 Å². The van der Waals surface area contributed by atoms with Crippen molar-refractivity contribution in [3.63, 3.8) is 0 Å². The molecule has 0 aliphatic carbocycles. The molecule has 8 nitrogen and oxygen atoms in total. The molecule has 1 aliphatic rings. The molecule has 8 heteroatoms. The minimum atomic E-state index is -0.252. The van der Waals surface area contributed by atoms with Crippen molar-refractivity contribution in [3.8, 4) is 6.07 Å². The number of amides is 2. The highest BCUT2D eigenvalue weighted by Crippen LogP contribution is 2.23. The van der Waals surface area contributed by atoms with Crippen molar-refractivity contribution in [3.05, 3.63) is 66.4 Å². The van der Waals surface area contributed by atoms with Crippen molar-refractivity contribution in [2.24, 2.45) is 0 Å². The molecule has 1 fully saturated rings. The molecule has 0 bridgehead atoms. The Labute approximate surface area is 198 Å². The van der Waals surface area contributed by atoms with Gasteiger partial charge in [-0.05, 0) is 36.4 Å². The van der Waals surface area contributed by atoms with Crippen LogP contribution in [0.4, 0.5) is 11.4 Å². The second-order valence-electron chi connectivity index (χ2n) is 8.04. The summed E-state index contributed by atoms with van der Waals surface area (Å²) in [4.78, 5) is 26.7. The fraction of sp³-hybridized carbons (Fsp3) is 0.269. The Bertz CT molecular complexity index is 1220. The smallest absolute Gasteiger partial charge is 0.248 e. The molecular formula is C26H27N5O3. The van der Waals surface area contributed by atoms with Gasteiger partial charge in [-0.25, -0.2) is 0 Å². The lowest BCUT2D eigenvalue weighted by atomic mass is 10.1. The van der Waals surface area contributed by atoms with Crippen molar-refractivity contribution in [2.45, 2.75) is 13.0 Å². The van der Waals surface area contributed by atoms with E-state index in [1.807, 2.05) is 35.0 Å². The molecule has 1 saturated heterocycles. The van der Waals surface area contributed by atoms with Crippen LogP contribution in [0.25, 0.3) is 17.0 Å². The summed E-state index contributed by atoms with van der Waals surface area (Å²) in [5.41, 5.74) is 3.26. The van der Waals surface area contributed by atoms with Crippen LogP contribution in [0.5, 0.6) is 0 Å². The number of para-hydroxylation sites is 1. The maximum atomic E-state index is 12.5. The number of aryl methyl sites for hydroxylation is 1. The molecule has 2 heterocycles. The van der Waals surface area contributed by atoms with E-state index < -0.39 is 0 Å². The number of aromatic nitrogens is 1. The summed E-state index contributed by atoms with van der Waals surface area (Å²) in [7, 11) is 0. The average molecular weight is 458 g/mol. The first-order valence-corrected chi connectivity index (χ1v) is 11.3. The van der Waals surface area contributed by atoms with Crippen LogP contribution < -0.4 is 10.6 Å². The Balaban J connectivity index is 1.33. The van der Waals surface area contributed by atoms with Gasteiger partial charge in [-0.1, -0.05) is 18.2 Å². The monoisotopic (exact) mass is 457 g/mol. The van der Waals surface area contributed by atoms with Gasteiger partial charge in [0.2, 0.25) is 11.8 Å². The summed E-state index contributed by atoms with van der Waals surface area (Å²) >= 11 is 0. The molecule has 4 rings (SSSR count). The highest BCUT2D eigenvalue weighted by molar-refractivity contribution is 6.03. The lowest BCUT2D eigenvalue weighted by Gasteiger charge is -2.25. The average Bonchev–Trinajstić information content (AvgIpc) is 3.21. The van der Waals surface area contributed by atoms with Crippen molar-refractivity contribution in [2.75, 3.05) is 43.5 Å². The molecule has 0 atom stereocenters. The maximum Gasteiger partial charge on any atom is 0.248 e. The molecule has 0 radical (unpaired) electrons. The van der Waals surface area contributed by atoms with E-state index in [0.29, 0.717) is 44.1 Å². The van der Waals surface area contributed by atoms with E-state index in [0.717, 1.165) is 29.6 Å². The third-order valence-corrected chi connectivity index (χ3v) is 5.61. The lowest BCUT2D eigenvalue weighted by molar-refractivity contribution is -0.118. The van der Waals surface area contributed by atoms with Gasteiger partial charge in [-0.15, -0.1) is 0 Å². The second-order valence-corrected chi connectivity index (χ2v) is 8.04. The normalized spacial score (nSPS) is 14.2. The van der Waals surface area contributed by atoms with Gasteiger partial charge in [0, 0.05) is 59.7 Å². The number of nitrogens with zero attached hydrogens (tertiary/aromatic N) is 3. The first-order valence-electron chi connectivity index (χ1n) is 11.3. The van der Waals surface area contributed by atoms with Crippen molar-refractivity contribution in [1.29, 1.82) is 5.26 Å². The van der Waals surface area contributed by atoms with Gasteiger partial charge in [-0.2, -0.15) is 5.26 Å². The number of carbonyl (C=O) groups is 2. The zero-order valence-corrected chi connectivity index (χ0v) is 18.9. The summed E-state index contributed by atoms with van der Waals surface area (Å²) in [6.45, 7) is 3.75. The predicted molar refractivity (Wildman–Crippen MR) is 132 cm³/mol. The van der Waals surface area contributed by atoms with Gasteiger partial charge in [0.15, 0.2) is 0 Å². The topological polar surface area (TPSA) is 99.4 Å². The third-order valence-electron chi connectivity index (χ3n) is 5.61. The molecule has 3 aromatic rings. The minimum absolute atomic E-state index is 0.0736. The number of nitrogens with one attached hydrogen (secondary N) is 2. The zero-order chi connectivity index (χ0) is 23.8. The van der Waals surface area contributed by atoms with Crippen molar-refractivity contribution >= 4 is 40.2 Å². The minimum Gasteiger partial charge on any atom is -0.379 e. The number of morpholine rings is 1. The molecule has 174 valence electrons. The quantitative estimate of drug-likeness (QED) is 0.505. The molecule has 34 heavy (non-hydrogen) atoms. The van der Waals surface area contributed by atoms with Gasteiger partial charge in [0.05, 0.1) is 32.2 Å². The van der Waals surface area contributed by atoms with Crippen molar-refractivity contribution in [1.82, 2.24) is 9.47 Å². The first kappa shape index (κ1) is 23.2. The number of anilines is 2. The predicted octanol–water partition coefficient (Wildman–Crippen LogP) is 3.48. The Morgan fingerprint density at radius 2 is 1.74 bits per heavy atom. The van der Waals surface area contributed by atoms with Crippen LogP contribution in [0.15, 0.2) is 60.8 Å². The molecule has 2 amide bonds. The van der Waals surface area contributed by atoms with Gasteiger partial charge >= 0.3 is 0 Å². The van der Waals surface area contributed by atoms with Crippen molar-refractivity contribution < 1.29 is 14.3 Å². The Morgan fingerprint density at radius 1 is 1.03 bits per heavy atom. The van der Waals surface area contributed by atoms with Crippen LogP contribution in [0.3, 0.4) is 0 Å². The summed E-state index contributed by atoms with van der Waals surface area (Å²) in [6, 6.07) is 17.1. The summed E-state index contributed by atoms with van der Waals surface area (Å²) < 4.78 is 7.33. The van der Waals surface area contributed by atoms with E-state index >= 15 is 0 Å². The lowest BCUT2D eigenvalue weighted by Crippen LogP contribution is -2.41. The number of carbonyl (C=O) groups excluding carboxylic acids is 2. The summed E-state index contributed by atoms with van der Waals surface area (Å²) in [6.07, 6.45) is 5.65. The molecule has 0 unspecified atom stereocenters. The standard InChI is InChI=1S/C26H27N5O3/c27-12-3-13-31-18-20(23-4-1-2-5-24(23)31)6-11-25(32)28-21-7-9-22(10-8-21)29-26(33)19-30-14-16-34-17-15-30/h1-2,4-11,18H,3,13-17,19H2,(H,28,32)(H,29,33)/b11-6+. The molecule has 1 aliphatic heterocycles. The Kier molecular flexibility index (Phi) is 7.71. The maximum absolute atomic E-state index is 12.5. The fourth-order valence-electron chi connectivity index (χ4n) is 3.91. The number of hydrogen-bond donors (Lipinski definition) is 2. The van der Waals surface area contributed by atoms with Gasteiger partial charge in [0.25, 0.3) is 0 Å². The first-order chi connectivity index (χ1) is 16.6. The van der Waals surface area contributed by atoms with E-state index in [-0.39, 0.29) is 11.8 Å². The molecule has 2 aromatic carbocycles. The van der Waals surface area contributed by atoms with Gasteiger partial charge < -0.3 is 19.9 Å².